The molecule has 1 heteroatoms. The van der Waals surface area contributed by atoms with Gasteiger partial charge in [-0.2, -0.15) is 0 Å². The number of rotatable bonds is 1. The fourth-order valence-corrected chi connectivity index (χ4v) is 2.22. The fraction of sp³-hybridized carbons (Fsp3) is 0.636. The van der Waals surface area contributed by atoms with Crippen molar-refractivity contribution in [3.63, 3.8) is 0 Å². The van der Waals surface area contributed by atoms with Crippen LogP contribution in [0.15, 0.2) is 24.3 Å². The van der Waals surface area contributed by atoms with Crippen LogP contribution in [0, 0.1) is 11.8 Å². The zero-order chi connectivity index (χ0) is 8.23. The molecule has 1 unspecified atom stereocenters. The van der Waals surface area contributed by atoms with Gasteiger partial charge in [-0.1, -0.05) is 24.3 Å². The maximum Gasteiger partial charge on any atom is -0.00461 e. The van der Waals surface area contributed by atoms with Gasteiger partial charge in [0.05, 0.1) is 0 Å². The van der Waals surface area contributed by atoms with Crippen LogP contribution in [0.4, 0.5) is 0 Å². The van der Waals surface area contributed by atoms with Crippen LogP contribution in [-0.4, -0.2) is 13.1 Å². The van der Waals surface area contributed by atoms with Gasteiger partial charge in [-0.15, -0.1) is 0 Å². The largest absolute Gasteiger partial charge is 0.317 e. The summed E-state index contributed by atoms with van der Waals surface area (Å²) in [5, 5.41) is 3.41. The quantitative estimate of drug-likeness (QED) is 0.624. The van der Waals surface area contributed by atoms with E-state index < -0.39 is 0 Å². The van der Waals surface area contributed by atoms with Crippen LogP contribution in [0.5, 0.6) is 0 Å². The lowest BCUT2D eigenvalue weighted by molar-refractivity contribution is 0.299. The standard InChI is InChI=1S/C11H17N/c1-2-4-10(5-3-1)11-6-8-12-9-7-11/h1-4,10-12H,5-9H2. The normalized spacial score (nSPS) is 30.8. The number of hydrogen-bond donors (Lipinski definition) is 1. The Kier molecular flexibility index (Phi) is 2.62. The van der Waals surface area contributed by atoms with Gasteiger partial charge >= 0.3 is 0 Å². The highest BCUT2D eigenvalue weighted by atomic mass is 14.9. The summed E-state index contributed by atoms with van der Waals surface area (Å²) in [5.74, 6) is 1.77. The molecule has 1 saturated heterocycles. The molecule has 0 bridgehead atoms. The lowest BCUT2D eigenvalue weighted by atomic mass is 9.81. The summed E-state index contributed by atoms with van der Waals surface area (Å²) in [7, 11) is 0. The van der Waals surface area contributed by atoms with E-state index >= 15 is 0 Å². The summed E-state index contributed by atoms with van der Waals surface area (Å²) in [4.78, 5) is 0. The van der Waals surface area contributed by atoms with Crippen LogP contribution >= 0.6 is 0 Å². The van der Waals surface area contributed by atoms with Gasteiger partial charge in [0, 0.05) is 0 Å². The highest BCUT2D eigenvalue weighted by molar-refractivity contribution is 5.11. The van der Waals surface area contributed by atoms with Crippen LogP contribution in [0.25, 0.3) is 0 Å². The topological polar surface area (TPSA) is 12.0 Å². The molecule has 2 rings (SSSR count). The average molecular weight is 163 g/mol. The Bertz CT molecular complexity index is 187. The third kappa shape index (κ3) is 1.78. The molecule has 0 spiro atoms. The van der Waals surface area contributed by atoms with E-state index in [1.165, 1.54) is 32.4 Å². The third-order valence-corrected chi connectivity index (χ3v) is 3.00. The molecule has 1 nitrogen and oxygen atoms in total. The fourth-order valence-electron chi connectivity index (χ4n) is 2.22. The highest BCUT2D eigenvalue weighted by Gasteiger charge is 2.20. The summed E-state index contributed by atoms with van der Waals surface area (Å²) in [5.41, 5.74) is 0. The van der Waals surface area contributed by atoms with Gasteiger partial charge < -0.3 is 5.32 Å². The molecule has 0 radical (unpaired) electrons. The first-order chi connectivity index (χ1) is 5.97. The molecular weight excluding hydrogens is 146 g/mol. The first kappa shape index (κ1) is 8.06. The van der Waals surface area contributed by atoms with E-state index in [0.29, 0.717) is 0 Å². The molecule has 0 aromatic heterocycles. The Morgan fingerprint density at radius 3 is 2.58 bits per heavy atom. The Hall–Kier alpha value is -0.560. The Balaban J connectivity index is 1.90. The van der Waals surface area contributed by atoms with Gasteiger partial charge in [-0.05, 0) is 44.2 Å². The van der Waals surface area contributed by atoms with Gasteiger partial charge in [0.2, 0.25) is 0 Å². The van der Waals surface area contributed by atoms with Crippen molar-refractivity contribution < 1.29 is 0 Å². The maximum absolute atomic E-state index is 3.41. The first-order valence-electron chi connectivity index (χ1n) is 5.01. The Morgan fingerprint density at radius 2 is 1.92 bits per heavy atom. The van der Waals surface area contributed by atoms with E-state index in [4.69, 9.17) is 0 Å². The molecule has 66 valence electrons. The van der Waals surface area contributed by atoms with Gasteiger partial charge in [-0.25, -0.2) is 0 Å². The number of allylic oxidation sites excluding steroid dienone is 4. The second kappa shape index (κ2) is 3.90. The predicted octanol–water partition coefficient (Wildman–Crippen LogP) is 2.12. The molecule has 0 aromatic rings. The van der Waals surface area contributed by atoms with E-state index in [-0.39, 0.29) is 0 Å². The van der Waals surface area contributed by atoms with Crippen molar-refractivity contribution >= 4 is 0 Å². The Morgan fingerprint density at radius 1 is 1.08 bits per heavy atom. The van der Waals surface area contributed by atoms with E-state index in [1.54, 1.807) is 0 Å². The summed E-state index contributed by atoms with van der Waals surface area (Å²) in [6.45, 7) is 2.44. The average Bonchev–Trinajstić information content (AvgIpc) is 2.21. The molecule has 1 heterocycles. The van der Waals surface area contributed by atoms with E-state index in [9.17, 15) is 0 Å². The second-order valence-electron chi connectivity index (χ2n) is 3.80. The highest BCUT2D eigenvalue weighted by Crippen LogP contribution is 2.27. The molecule has 2 aliphatic rings. The van der Waals surface area contributed by atoms with Crippen molar-refractivity contribution in [1.29, 1.82) is 0 Å². The van der Waals surface area contributed by atoms with Gasteiger partial charge in [0.1, 0.15) is 0 Å². The van der Waals surface area contributed by atoms with Crippen molar-refractivity contribution in [2.75, 3.05) is 13.1 Å². The van der Waals surface area contributed by atoms with E-state index in [1.807, 2.05) is 0 Å². The molecule has 1 fully saturated rings. The maximum atomic E-state index is 3.41. The van der Waals surface area contributed by atoms with Crippen molar-refractivity contribution in [2.24, 2.45) is 11.8 Å². The zero-order valence-corrected chi connectivity index (χ0v) is 7.50. The van der Waals surface area contributed by atoms with Gasteiger partial charge in [0.25, 0.3) is 0 Å². The van der Waals surface area contributed by atoms with Crippen LogP contribution < -0.4 is 5.32 Å². The van der Waals surface area contributed by atoms with Gasteiger partial charge in [-0.3, -0.25) is 0 Å². The second-order valence-corrected chi connectivity index (χ2v) is 3.80. The predicted molar refractivity (Wildman–Crippen MR) is 52.0 cm³/mol. The summed E-state index contributed by atoms with van der Waals surface area (Å²) < 4.78 is 0. The number of nitrogens with one attached hydrogen (secondary N) is 1. The first-order valence-corrected chi connectivity index (χ1v) is 5.01. The van der Waals surface area contributed by atoms with Crippen molar-refractivity contribution in [2.45, 2.75) is 19.3 Å². The zero-order valence-electron chi connectivity index (χ0n) is 7.50. The minimum absolute atomic E-state index is 0.831. The summed E-state index contributed by atoms with van der Waals surface area (Å²) in [6.07, 6.45) is 13.0. The third-order valence-electron chi connectivity index (χ3n) is 3.00. The van der Waals surface area contributed by atoms with Crippen LogP contribution in [0.1, 0.15) is 19.3 Å². The molecule has 0 aromatic carbocycles. The summed E-state index contributed by atoms with van der Waals surface area (Å²) >= 11 is 0. The van der Waals surface area contributed by atoms with Crippen LogP contribution in [0.3, 0.4) is 0 Å². The van der Waals surface area contributed by atoms with Crippen molar-refractivity contribution in [3.8, 4) is 0 Å². The monoisotopic (exact) mass is 163 g/mol. The molecule has 0 amide bonds. The van der Waals surface area contributed by atoms with Crippen molar-refractivity contribution in [3.05, 3.63) is 24.3 Å². The molecule has 1 aliphatic carbocycles. The molecule has 0 saturated carbocycles. The summed E-state index contributed by atoms with van der Waals surface area (Å²) in [6, 6.07) is 0. The van der Waals surface area contributed by atoms with Crippen molar-refractivity contribution in [1.82, 2.24) is 5.32 Å². The van der Waals surface area contributed by atoms with Crippen LogP contribution in [-0.2, 0) is 0 Å². The lowest BCUT2D eigenvalue weighted by Gasteiger charge is -2.29. The SMILES string of the molecule is C1=CCC(C2CCNCC2)C=C1. The van der Waals surface area contributed by atoms with Gasteiger partial charge in [0.15, 0.2) is 0 Å². The molecule has 1 N–H and O–H groups in total. The van der Waals surface area contributed by atoms with E-state index in [0.717, 1.165) is 11.8 Å². The smallest absolute Gasteiger partial charge is 0.00461 e. The molecule has 12 heavy (non-hydrogen) atoms. The number of piperidine rings is 1. The lowest BCUT2D eigenvalue weighted by Crippen LogP contribution is -2.31. The van der Waals surface area contributed by atoms with E-state index in [2.05, 4.69) is 29.6 Å². The molecular formula is C11H17N. The molecule has 1 atom stereocenters. The van der Waals surface area contributed by atoms with Crippen LogP contribution in [0.2, 0.25) is 0 Å². The molecule has 1 aliphatic heterocycles. The number of hydrogen-bond acceptors (Lipinski definition) is 1. The minimum Gasteiger partial charge on any atom is -0.317 e. The minimum atomic E-state index is 0.831. The Labute approximate surface area is 74.5 Å².